The van der Waals surface area contributed by atoms with Crippen molar-refractivity contribution in [3.8, 4) is 0 Å². The standard InChI is InChI=1S/C8H14N2O2/c9-7(11)3-1-2-6-4-8(12)10-5-6/h6H,1-5H2,(H2,9,11)(H,10,12). The zero-order valence-electron chi connectivity index (χ0n) is 7.01. The summed E-state index contributed by atoms with van der Waals surface area (Å²) in [5.41, 5.74) is 4.98. The molecule has 4 nitrogen and oxygen atoms in total. The average molecular weight is 170 g/mol. The topological polar surface area (TPSA) is 72.2 Å². The second kappa shape index (κ2) is 4.09. The monoisotopic (exact) mass is 170 g/mol. The molecule has 1 saturated heterocycles. The third kappa shape index (κ3) is 2.90. The zero-order valence-corrected chi connectivity index (χ0v) is 7.01. The first kappa shape index (κ1) is 9.03. The van der Waals surface area contributed by atoms with E-state index in [0.29, 0.717) is 18.8 Å². The van der Waals surface area contributed by atoms with Gasteiger partial charge in [-0.25, -0.2) is 0 Å². The Labute approximate surface area is 71.5 Å². The second-order valence-electron chi connectivity index (χ2n) is 3.23. The molecule has 0 radical (unpaired) electrons. The van der Waals surface area contributed by atoms with E-state index in [1.54, 1.807) is 0 Å². The Kier molecular flexibility index (Phi) is 3.08. The van der Waals surface area contributed by atoms with E-state index >= 15 is 0 Å². The van der Waals surface area contributed by atoms with Crippen molar-refractivity contribution in [3.63, 3.8) is 0 Å². The fraction of sp³-hybridized carbons (Fsp3) is 0.750. The van der Waals surface area contributed by atoms with Gasteiger partial charge in [-0.3, -0.25) is 9.59 Å². The smallest absolute Gasteiger partial charge is 0.220 e. The fourth-order valence-corrected chi connectivity index (χ4v) is 1.43. The van der Waals surface area contributed by atoms with E-state index in [9.17, 15) is 9.59 Å². The third-order valence-corrected chi connectivity index (χ3v) is 2.10. The summed E-state index contributed by atoms with van der Waals surface area (Å²) >= 11 is 0. The Balaban J connectivity index is 2.08. The molecule has 2 amide bonds. The van der Waals surface area contributed by atoms with Crippen molar-refractivity contribution < 1.29 is 9.59 Å². The average Bonchev–Trinajstić information content (AvgIpc) is 2.35. The van der Waals surface area contributed by atoms with Crippen LogP contribution < -0.4 is 11.1 Å². The molecule has 68 valence electrons. The third-order valence-electron chi connectivity index (χ3n) is 2.10. The molecule has 1 fully saturated rings. The van der Waals surface area contributed by atoms with Gasteiger partial charge in [0, 0.05) is 19.4 Å². The molecule has 12 heavy (non-hydrogen) atoms. The molecule has 0 aromatic heterocycles. The lowest BCUT2D eigenvalue weighted by molar-refractivity contribution is -0.119. The van der Waals surface area contributed by atoms with E-state index < -0.39 is 0 Å². The molecular weight excluding hydrogens is 156 g/mol. The van der Waals surface area contributed by atoms with Crippen LogP contribution in [0.2, 0.25) is 0 Å². The highest BCUT2D eigenvalue weighted by Gasteiger charge is 2.20. The number of hydrogen-bond acceptors (Lipinski definition) is 2. The SMILES string of the molecule is NC(=O)CCCC1CNC(=O)C1. The molecular formula is C8H14N2O2. The Morgan fingerprint density at radius 3 is 2.92 bits per heavy atom. The summed E-state index contributed by atoms with van der Waals surface area (Å²) in [6, 6.07) is 0. The first-order valence-corrected chi connectivity index (χ1v) is 4.23. The molecule has 1 atom stereocenters. The number of primary amides is 1. The van der Waals surface area contributed by atoms with Gasteiger partial charge in [0.15, 0.2) is 0 Å². The van der Waals surface area contributed by atoms with Crippen LogP contribution in [0.15, 0.2) is 0 Å². The van der Waals surface area contributed by atoms with Crippen LogP contribution in [0.1, 0.15) is 25.7 Å². The largest absolute Gasteiger partial charge is 0.370 e. The van der Waals surface area contributed by atoms with Crippen molar-refractivity contribution in [1.82, 2.24) is 5.32 Å². The number of nitrogens with one attached hydrogen (secondary N) is 1. The molecule has 0 saturated carbocycles. The van der Waals surface area contributed by atoms with Crippen LogP contribution in [0.3, 0.4) is 0 Å². The van der Waals surface area contributed by atoms with E-state index in [-0.39, 0.29) is 11.8 Å². The summed E-state index contributed by atoms with van der Waals surface area (Å²) < 4.78 is 0. The molecule has 0 aromatic rings. The maximum atomic E-state index is 10.7. The number of hydrogen-bond donors (Lipinski definition) is 2. The first-order chi connectivity index (χ1) is 5.68. The van der Waals surface area contributed by atoms with E-state index in [4.69, 9.17) is 5.73 Å². The van der Waals surface area contributed by atoms with E-state index in [0.717, 1.165) is 19.4 Å². The Bertz CT molecular complexity index is 191. The van der Waals surface area contributed by atoms with E-state index in [1.807, 2.05) is 0 Å². The summed E-state index contributed by atoms with van der Waals surface area (Å²) in [5.74, 6) is 0.281. The van der Waals surface area contributed by atoms with Crippen LogP contribution in [0.25, 0.3) is 0 Å². The minimum atomic E-state index is -0.257. The first-order valence-electron chi connectivity index (χ1n) is 4.23. The van der Waals surface area contributed by atoms with Crippen LogP contribution in [-0.4, -0.2) is 18.4 Å². The van der Waals surface area contributed by atoms with Crippen molar-refractivity contribution in [2.24, 2.45) is 11.7 Å². The van der Waals surface area contributed by atoms with Gasteiger partial charge in [0.2, 0.25) is 11.8 Å². The summed E-state index contributed by atoms with van der Waals surface area (Å²) in [6.07, 6.45) is 2.76. The Hall–Kier alpha value is -1.06. The minimum Gasteiger partial charge on any atom is -0.370 e. The van der Waals surface area contributed by atoms with E-state index in [1.165, 1.54) is 0 Å². The van der Waals surface area contributed by atoms with Gasteiger partial charge in [0.25, 0.3) is 0 Å². The minimum absolute atomic E-state index is 0.124. The molecule has 4 heteroatoms. The molecule has 1 aliphatic rings. The van der Waals surface area contributed by atoms with Crippen LogP contribution in [0.4, 0.5) is 0 Å². The summed E-state index contributed by atoms with van der Waals surface area (Å²) in [5, 5.41) is 2.75. The number of carbonyl (C=O) groups excluding carboxylic acids is 2. The molecule has 1 unspecified atom stereocenters. The lowest BCUT2D eigenvalue weighted by Crippen LogP contribution is -2.14. The van der Waals surface area contributed by atoms with E-state index in [2.05, 4.69) is 5.32 Å². The van der Waals surface area contributed by atoms with Gasteiger partial charge in [0.1, 0.15) is 0 Å². The normalized spacial score (nSPS) is 22.3. The summed E-state index contributed by atoms with van der Waals surface area (Å²) in [4.78, 5) is 21.1. The summed E-state index contributed by atoms with van der Waals surface area (Å²) in [6.45, 7) is 0.762. The maximum absolute atomic E-state index is 10.7. The zero-order chi connectivity index (χ0) is 8.97. The van der Waals surface area contributed by atoms with Crippen molar-refractivity contribution in [3.05, 3.63) is 0 Å². The summed E-state index contributed by atoms with van der Waals surface area (Å²) in [7, 11) is 0. The van der Waals surface area contributed by atoms with Gasteiger partial charge in [-0.1, -0.05) is 0 Å². The van der Waals surface area contributed by atoms with Crippen molar-refractivity contribution in [1.29, 1.82) is 0 Å². The lowest BCUT2D eigenvalue weighted by Gasteiger charge is -2.04. The number of nitrogens with two attached hydrogens (primary N) is 1. The number of rotatable bonds is 4. The maximum Gasteiger partial charge on any atom is 0.220 e. The van der Waals surface area contributed by atoms with Crippen LogP contribution in [-0.2, 0) is 9.59 Å². The highest BCUT2D eigenvalue weighted by molar-refractivity contribution is 5.78. The van der Waals surface area contributed by atoms with Gasteiger partial charge in [0.05, 0.1) is 0 Å². The van der Waals surface area contributed by atoms with Crippen LogP contribution in [0.5, 0.6) is 0 Å². The quantitative estimate of drug-likeness (QED) is 0.612. The van der Waals surface area contributed by atoms with Gasteiger partial charge in [-0.2, -0.15) is 0 Å². The van der Waals surface area contributed by atoms with Gasteiger partial charge in [-0.05, 0) is 18.8 Å². The second-order valence-corrected chi connectivity index (χ2v) is 3.23. The van der Waals surface area contributed by atoms with Gasteiger partial charge < -0.3 is 11.1 Å². The fourth-order valence-electron chi connectivity index (χ4n) is 1.43. The van der Waals surface area contributed by atoms with Gasteiger partial charge >= 0.3 is 0 Å². The highest BCUT2D eigenvalue weighted by atomic mass is 16.2. The predicted molar refractivity (Wildman–Crippen MR) is 44.2 cm³/mol. The molecule has 0 aliphatic carbocycles. The number of carbonyl (C=O) groups is 2. The predicted octanol–water partition coefficient (Wildman–Crippen LogP) is -0.222. The highest BCUT2D eigenvalue weighted by Crippen LogP contribution is 2.15. The number of amides is 2. The molecule has 1 heterocycles. The van der Waals surface area contributed by atoms with Crippen LogP contribution in [0, 0.1) is 5.92 Å². The lowest BCUT2D eigenvalue weighted by atomic mass is 10.0. The van der Waals surface area contributed by atoms with Crippen LogP contribution >= 0.6 is 0 Å². The van der Waals surface area contributed by atoms with Crippen molar-refractivity contribution >= 4 is 11.8 Å². The Morgan fingerprint density at radius 1 is 1.67 bits per heavy atom. The van der Waals surface area contributed by atoms with Crippen molar-refractivity contribution in [2.75, 3.05) is 6.54 Å². The molecule has 1 aliphatic heterocycles. The van der Waals surface area contributed by atoms with Crippen molar-refractivity contribution in [2.45, 2.75) is 25.7 Å². The molecule has 0 bridgehead atoms. The molecule has 1 rings (SSSR count). The Morgan fingerprint density at radius 2 is 2.42 bits per heavy atom. The molecule has 0 spiro atoms. The van der Waals surface area contributed by atoms with Gasteiger partial charge in [-0.15, -0.1) is 0 Å². The molecule has 3 N–H and O–H groups in total. The molecule has 0 aromatic carbocycles.